The molecule has 72 heavy (non-hydrogen) atoms. The van der Waals surface area contributed by atoms with E-state index in [-0.39, 0.29) is 24.4 Å². The van der Waals surface area contributed by atoms with Gasteiger partial charge in [-0.15, -0.1) is 0 Å². The van der Waals surface area contributed by atoms with Gasteiger partial charge in [-0.2, -0.15) is 0 Å². The molecule has 1 aromatic heterocycles. The van der Waals surface area contributed by atoms with Gasteiger partial charge in [-0.05, 0) is 106 Å². The fourth-order valence-corrected chi connectivity index (χ4v) is 14.0. The minimum Gasteiger partial charge on any atom is -0.456 e. The molecule has 1 amide bonds. The molecule has 0 radical (unpaired) electrons. The van der Waals surface area contributed by atoms with Crippen molar-refractivity contribution in [3.63, 3.8) is 0 Å². The first-order valence-corrected chi connectivity index (χ1v) is 28.4. The Morgan fingerprint density at radius 3 is 2.12 bits per heavy atom. The molecule has 3 aliphatic carbocycles. The summed E-state index contributed by atoms with van der Waals surface area (Å²) in [5, 5.41) is 17.0. The smallest absolute Gasteiger partial charge is 0.340 e. The summed E-state index contributed by atoms with van der Waals surface area (Å²) >= 11 is 0. The number of rotatable bonds is 13. The van der Waals surface area contributed by atoms with Crippen LogP contribution in [0.1, 0.15) is 121 Å². The minimum absolute atomic E-state index is 0.0101. The Bertz CT molecular complexity index is 2570. The van der Waals surface area contributed by atoms with Crippen LogP contribution in [-0.2, 0) is 42.4 Å². The van der Waals surface area contributed by atoms with Gasteiger partial charge in [0.1, 0.15) is 36.1 Å². The minimum atomic E-state index is -2.96. The SMILES string of the molecule is CC(=O)O[C@@]12CO[C@@H]1CC[C@@]1(C)[C@@H]3O[C@H](CN4CCC4)O[C@@H]3C3=C(C)[C@@H](OC(=O)[C@](C)(O[Si](C)(C)C(C)(C)C)[C@@H](NC(=O)c4ccccc4)c4ncccn4)C[C@@](O)([C@@H](OC(=O)c4ccccc4)[C@@H]12)C3(C)C. The summed E-state index contributed by atoms with van der Waals surface area (Å²) in [7, 11) is -2.96. The van der Waals surface area contributed by atoms with E-state index < -0.39 is 114 Å². The normalized spacial score (nSPS) is 33.1. The summed E-state index contributed by atoms with van der Waals surface area (Å²) in [5.74, 6) is -3.38. The van der Waals surface area contributed by atoms with Gasteiger partial charge >= 0.3 is 17.9 Å². The summed E-state index contributed by atoms with van der Waals surface area (Å²) in [6.07, 6.45) is -0.526. The van der Waals surface area contributed by atoms with Gasteiger partial charge in [-0.25, -0.2) is 19.6 Å². The zero-order valence-electron chi connectivity index (χ0n) is 43.6. The number of esters is 3. The van der Waals surface area contributed by atoms with E-state index in [2.05, 4.69) is 27.1 Å². The van der Waals surface area contributed by atoms with Crippen LogP contribution in [0, 0.1) is 16.7 Å². The van der Waals surface area contributed by atoms with E-state index in [9.17, 15) is 19.5 Å². The molecule has 2 N–H and O–H groups in total. The standard InChI is InChI=1S/C55H72N4O12Si/c1-33-37(66-49(63)53(9,71-72(10,11)50(3,4)5)43(46-56-26-18-27-57-46)58-47(61)35-20-14-12-15-21-35)30-55(64)45(69-48(62)36-22-16-13-17-23-36)42-52(8,25-24-38-54(42,32-65-38)70-34(2)60)44-41(40(33)51(55,6)7)67-39(68-44)31-59-28-19-29-59/h12-18,20-23,26-27,37-39,41-45,64H,19,24-25,28-32H2,1-11H3,(H,58,61)/t37-,38+,39+,41+,42-,43-,44+,45-,52+,53+,54-,55+/m0/s1. The van der Waals surface area contributed by atoms with Gasteiger partial charge in [0.2, 0.25) is 0 Å². The third-order valence-electron chi connectivity index (χ3n) is 17.5. The average molecular weight is 1010 g/mol. The number of aliphatic hydroxyl groups is 1. The average Bonchev–Trinajstić information content (AvgIpc) is 3.73. The molecule has 0 unspecified atom stereocenters. The maximum absolute atomic E-state index is 15.9. The second-order valence-electron chi connectivity index (χ2n) is 23.4. The molecule has 3 aliphatic heterocycles. The number of nitrogens with zero attached hydrogens (tertiary/aromatic N) is 3. The molecule has 16 nitrogen and oxygen atoms in total. The van der Waals surface area contributed by atoms with Gasteiger partial charge < -0.3 is 43.3 Å². The van der Waals surface area contributed by atoms with Crippen molar-refractivity contribution in [1.82, 2.24) is 20.2 Å². The summed E-state index contributed by atoms with van der Waals surface area (Å²) in [6, 6.07) is 17.6. The first kappa shape index (κ1) is 52.0. The van der Waals surface area contributed by atoms with E-state index in [1.165, 1.54) is 19.3 Å². The van der Waals surface area contributed by atoms with Gasteiger partial charge in [0.05, 0.1) is 24.2 Å². The van der Waals surface area contributed by atoms with E-state index in [0.717, 1.165) is 19.5 Å². The number of nitrogens with one attached hydrogen (secondary N) is 1. The molecule has 4 heterocycles. The van der Waals surface area contributed by atoms with Crippen LogP contribution in [0.15, 0.2) is 90.3 Å². The molecule has 12 atom stereocenters. The molecule has 3 aromatic rings. The van der Waals surface area contributed by atoms with Crippen molar-refractivity contribution in [1.29, 1.82) is 0 Å². The Hall–Kier alpha value is -4.88. The highest BCUT2D eigenvalue weighted by atomic mass is 28.4. The van der Waals surface area contributed by atoms with Crippen LogP contribution in [0.2, 0.25) is 18.1 Å². The van der Waals surface area contributed by atoms with Crippen LogP contribution in [0.5, 0.6) is 0 Å². The third kappa shape index (κ3) is 8.73. The molecule has 0 spiro atoms. The van der Waals surface area contributed by atoms with Crippen molar-refractivity contribution in [3.8, 4) is 0 Å². The van der Waals surface area contributed by atoms with Crippen LogP contribution in [0.25, 0.3) is 0 Å². The zero-order chi connectivity index (χ0) is 51.8. The number of ether oxygens (including phenoxy) is 6. The van der Waals surface area contributed by atoms with Gasteiger partial charge in [0.25, 0.3) is 5.91 Å². The lowest BCUT2D eigenvalue weighted by atomic mass is 9.45. The Morgan fingerprint density at radius 1 is 0.917 bits per heavy atom. The number of aromatic nitrogens is 2. The Kier molecular flexibility index (Phi) is 13.6. The first-order chi connectivity index (χ1) is 33.9. The first-order valence-electron chi connectivity index (χ1n) is 25.4. The highest BCUT2D eigenvalue weighted by molar-refractivity contribution is 6.74. The molecule has 5 fully saturated rings. The topological polar surface area (TPSA) is 194 Å². The maximum Gasteiger partial charge on any atom is 0.340 e. The predicted octanol–water partition coefficient (Wildman–Crippen LogP) is 7.29. The third-order valence-corrected chi connectivity index (χ3v) is 22.1. The number of hydrogen-bond donors (Lipinski definition) is 2. The number of amides is 1. The number of benzene rings is 2. The lowest BCUT2D eigenvalue weighted by Crippen LogP contribution is -2.79. The van der Waals surface area contributed by atoms with Crippen molar-refractivity contribution in [2.24, 2.45) is 16.7 Å². The van der Waals surface area contributed by atoms with E-state index in [0.29, 0.717) is 36.1 Å². The Balaban J connectivity index is 1.22. The fourth-order valence-electron chi connectivity index (χ4n) is 12.4. The summed E-state index contributed by atoms with van der Waals surface area (Å²) < 4.78 is 48.0. The van der Waals surface area contributed by atoms with Crippen molar-refractivity contribution >= 4 is 32.1 Å². The molecule has 2 bridgehead atoms. The van der Waals surface area contributed by atoms with E-state index in [4.69, 9.17) is 32.8 Å². The lowest BCUT2D eigenvalue weighted by Gasteiger charge is -2.68. The van der Waals surface area contributed by atoms with Crippen molar-refractivity contribution in [3.05, 3.63) is 107 Å². The Labute approximate surface area is 424 Å². The zero-order valence-corrected chi connectivity index (χ0v) is 44.6. The van der Waals surface area contributed by atoms with Gasteiger partial charge in [-0.3, -0.25) is 14.5 Å². The van der Waals surface area contributed by atoms with Gasteiger partial charge in [-0.1, -0.05) is 77.9 Å². The molecular weight excluding hydrogens is 937 g/mol. The molecule has 17 heteroatoms. The van der Waals surface area contributed by atoms with Gasteiger partial charge in [0, 0.05) is 48.7 Å². The monoisotopic (exact) mass is 1010 g/mol. The van der Waals surface area contributed by atoms with Crippen molar-refractivity contribution in [2.45, 2.75) is 166 Å². The highest BCUT2D eigenvalue weighted by Crippen LogP contribution is 2.67. The molecule has 2 aromatic carbocycles. The maximum atomic E-state index is 15.9. The second-order valence-corrected chi connectivity index (χ2v) is 28.1. The molecular formula is C55H72N4O12Si. The molecule has 2 saturated carbocycles. The van der Waals surface area contributed by atoms with Crippen LogP contribution < -0.4 is 5.32 Å². The van der Waals surface area contributed by atoms with Crippen LogP contribution in [-0.4, -0.2) is 132 Å². The number of carbonyl (C=O) groups is 4. The largest absolute Gasteiger partial charge is 0.456 e. The van der Waals surface area contributed by atoms with Crippen LogP contribution in [0.3, 0.4) is 0 Å². The van der Waals surface area contributed by atoms with Crippen molar-refractivity contribution in [2.75, 3.05) is 26.2 Å². The number of fused-ring (bicyclic) bond motifs is 8. The highest BCUT2D eigenvalue weighted by Gasteiger charge is 2.77. The quantitative estimate of drug-likeness (QED) is 0.0750. The summed E-state index contributed by atoms with van der Waals surface area (Å²) in [4.78, 5) is 69.8. The van der Waals surface area contributed by atoms with E-state index >= 15 is 4.79 Å². The Morgan fingerprint density at radius 2 is 1.56 bits per heavy atom. The molecule has 9 rings (SSSR count). The van der Waals surface area contributed by atoms with Crippen LogP contribution in [0.4, 0.5) is 0 Å². The van der Waals surface area contributed by atoms with E-state index in [1.807, 2.05) is 54.6 Å². The molecule has 6 aliphatic rings. The summed E-state index contributed by atoms with van der Waals surface area (Å²) in [6.45, 7) is 23.2. The van der Waals surface area contributed by atoms with Crippen molar-refractivity contribution < 1.29 is 57.1 Å². The second kappa shape index (κ2) is 18.8. The number of hydrogen-bond acceptors (Lipinski definition) is 15. The predicted molar refractivity (Wildman–Crippen MR) is 267 cm³/mol. The fraction of sp³-hybridized carbons (Fsp3) is 0.600. The molecule has 3 saturated heterocycles. The lowest BCUT2D eigenvalue weighted by molar-refractivity contribution is -0.345. The summed E-state index contributed by atoms with van der Waals surface area (Å²) in [5.41, 5.74) is -5.76. The number of likely N-dealkylation sites (tertiary alicyclic amines) is 1. The van der Waals surface area contributed by atoms with E-state index in [1.54, 1.807) is 73.7 Å². The van der Waals surface area contributed by atoms with Crippen LogP contribution >= 0.6 is 0 Å². The number of carbonyl (C=O) groups excluding carboxylic acids is 4. The molecule has 388 valence electrons. The van der Waals surface area contributed by atoms with Gasteiger partial charge in [0.15, 0.2) is 31.6 Å².